The first-order valence-electron chi connectivity index (χ1n) is 6.67. The van der Waals surface area contributed by atoms with Crippen LogP contribution in [0.2, 0.25) is 0 Å². The van der Waals surface area contributed by atoms with E-state index in [4.69, 9.17) is 5.73 Å². The van der Waals surface area contributed by atoms with Crippen LogP contribution in [-0.2, 0) is 6.42 Å². The Labute approximate surface area is 138 Å². The van der Waals surface area contributed by atoms with Crippen LogP contribution in [0.1, 0.15) is 18.1 Å². The van der Waals surface area contributed by atoms with Crippen LogP contribution in [0.5, 0.6) is 0 Å². The van der Waals surface area contributed by atoms with Gasteiger partial charge in [-0.3, -0.25) is 4.99 Å². The molecule has 0 aliphatic rings. The lowest BCUT2D eigenvalue weighted by Gasteiger charge is -2.08. The van der Waals surface area contributed by atoms with Crippen LogP contribution in [0, 0.1) is 0 Å². The van der Waals surface area contributed by atoms with Gasteiger partial charge in [0.15, 0.2) is 0 Å². The molecule has 0 amide bonds. The van der Waals surface area contributed by atoms with Gasteiger partial charge in [-0.15, -0.1) is 24.8 Å². The molecule has 0 spiro atoms. The normalized spacial score (nSPS) is 11.3. The van der Waals surface area contributed by atoms with E-state index in [1.807, 2.05) is 13.0 Å². The van der Waals surface area contributed by atoms with E-state index >= 15 is 0 Å². The van der Waals surface area contributed by atoms with Crippen LogP contribution in [0.25, 0.3) is 10.9 Å². The Morgan fingerprint density at radius 3 is 2.62 bits per heavy atom. The van der Waals surface area contributed by atoms with E-state index in [1.54, 1.807) is 0 Å². The van der Waals surface area contributed by atoms with Crippen LogP contribution in [-0.4, -0.2) is 42.9 Å². The van der Waals surface area contributed by atoms with Gasteiger partial charge in [0.25, 0.3) is 0 Å². The highest BCUT2D eigenvalue weighted by atomic mass is 35.5. The molecule has 0 atom stereocenters. The minimum Gasteiger partial charge on any atom is -0.384 e. The molecule has 2 rings (SSSR count). The zero-order valence-electron chi connectivity index (χ0n) is 12.7. The van der Waals surface area contributed by atoms with Crippen molar-refractivity contribution in [3.63, 3.8) is 0 Å². The molecule has 1 aromatic carbocycles. The summed E-state index contributed by atoms with van der Waals surface area (Å²) in [6.45, 7) is 3.74. The highest BCUT2D eigenvalue weighted by Crippen LogP contribution is 2.20. The van der Waals surface area contributed by atoms with Gasteiger partial charge in [0.2, 0.25) is 0 Å². The predicted molar refractivity (Wildman–Crippen MR) is 96.3 cm³/mol. The second-order valence-electron chi connectivity index (χ2n) is 4.99. The Bertz CT molecular complexity index is 590. The van der Waals surface area contributed by atoms with Crippen molar-refractivity contribution in [2.24, 2.45) is 10.7 Å². The molecule has 0 saturated heterocycles. The van der Waals surface area contributed by atoms with E-state index in [1.165, 1.54) is 10.9 Å². The number of hydrogen-bond donors (Lipinski definition) is 2. The van der Waals surface area contributed by atoms with Gasteiger partial charge >= 0.3 is 0 Å². The molecule has 118 valence electrons. The molecule has 21 heavy (non-hydrogen) atoms. The largest absolute Gasteiger partial charge is 0.384 e. The van der Waals surface area contributed by atoms with E-state index in [2.05, 4.69) is 47.3 Å². The molecule has 3 N–H and O–H groups in total. The number of nitrogens with zero attached hydrogens (tertiary/aromatic N) is 2. The zero-order chi connectivity index (χ0) is 13.8. The number of fused-ring (bicyclic) bond motifs is 1. The summed E-state index contributed by atoms with van der Waals surface area (Å²) < 4.78 is 0. The molecular formula is C15H24Cl2N4. The van der Waals surface area contributed by atoms with Crippen LogP contribution >= 0.6 is 24.8 Å². The lowest BCUT2D eigenvalue weighted by Crippen LogP contribution is -2.15. The Kier molecular flexibility index (Phi) is 8.40. The molecule has 0 radical (unpaired) electrons. The number of aliphatic imine (C=N–C) groups is 1. The quantitative estimate of drug-likeness (QED) is 0.654. The minimum atomic E-state index is 0. The van der Waals surface area contributed by atoms with Gasteiger partial charge in [0, 0.05) is 35.8 Å². The third-order valence-corrected chi connectivity index (χ3v) is 3.22. The number of H-pyrrole nitrogens is 1. The maximum absolute atomic E-state index is 5.97. The molecule has 4 nitrogen and oxygen atoms in total. The van der Waals surface area contributed by atoms with Crippen molar-refractivity contribution >= 4 is 41.6 Å². The highest BCUT2D eigenvalue weighted by Gasteiger charge is 2.06. The van der Waals surface area contributed by atoms with Crippen molar-refractivity contribution in [1.82, 2.24) is 9.88 Å². The molecule has 0 aliphatic heterocycles. The Hall–Kier alpha value is -1.23. The number of halogens is 2. The molecule has 0 aliphatic carbocycles. The Morgan fingerprint density at radius 1 is 1.29 bits per heavy atom. The zero-order valence-corrected chi connectivity index (χ0v) is 14.4. The number of likely N-dealkylation sites (N-methyl/N-ethyl adjacent to an activating group) is 1. The summed E-state index contributed by atoms with van der Waals surface area (Å²) in [5, 5.41) is 1.24. The van der Waals surface area contributed by atoms with Crippen LogP contribution in [0.3, 0.4) is 0 Å². The third-order valence-electron chi connectivity index (χ3n) is 3.22. The van der Waals surface area contributed by atoms with Crippen LogP contribution < -0.4 is 5.73 Å². The lowest BCUT2D eigenvalue weighted by atomic mass is 10.1. The van der Waals surface area contributed by atoms with Gasteiger partial charge in [-0.2, -0.15) is 0 Å². The van der Waals surface area contributed by atoms with Crippen molar-refractivity contribution in [3.05, 3.63) is 35.5 Å². The standard InChI is InChI=1S/C15H22N4.2ClH/c1-4-17-15(16)11-5-6-14-13(9-11)12(10-18-14)7-8-19(2)3;;/h5-6,9-10,18H,4,7-8H2,1-3H3,(H2,16,17);2*1H. The smallest absolute Gasteiger partial charge is 0.125 e. The fraction of sp³-hybridized carbons (Fsp3) is 0.400. The van der Waals surface area contributed by atoms with Gasteiger partial charge in [0.05, 0.1) is 0 Å². The van der Waals surface area contributed by atoms with E-state index < -0.39 is 0 Å². The summed E-state index contributed by atoms with van der Waals surface area (Å²) in [7, 11) is 4.18. The fourth-order valence-corrected chi connectivity index (χ4v) is 2.15. The molecule has 0 saturated carbocycles. The second-order valence-corrected chi connectivity index (χ2v) is 4.99. The van der Waals surface area contributed by atoms with Crippen molar-refractivity contribution in [1.29, 1.82) is 0 Å². The summed E-state index contributed by atoms with van der Waals surface area (Å²) in [4.78, 5) is 9.77. The van der Waals surface area contributed by atoms with Gasteiger partial charge in [0.1, 0.15) is 5.84 Å². The second kappa shape index (κ2) is 8.93. The molecule has 6 heteroatoms. The van der Waals surface area contributed by atoms with E-state index in [0.29, 0.717) is 12.4 Å². The van der Waals surface area contributed by atoms with Crippen molar-refractivity contribution in [2.75, 3.05) is 27.2 Å². The first-order chi connectivity index (χ1) is 9.11. The average molecular weight is 331 g/mol. The summed E-state index contributed by atoms with van der Waals surface area (Å²) >= 11 is 0. The van der Waals surface area contributed by atoms with Crippen LogP contribution in [0.15, 0.2) is 29.4 Å². The Morgan fingerprint density at radius 2 is 2.00 bits per heavy atom. The third kappa shape index (κ3) is 4.92. The maximum atomic E-state index is 5.97. The summed E-state index contributed by atoms with van der Waals surface area (Å²) in [6.07, 6.45) is 3.12. The minimum absolute atomic E-state index is 0. The maximum Gasteiger partial charge on any atom is 0.125 e. The highest BCUT2D eigenvalue weighted by molar-refractivity contribution is 6.01. The number of rotatable bonds is 5. The topological polar surface area (TPSA) is 57.4 Å². The average Bonchev–Trinajstić information content (AvgIpc) is 2.78. The molecule has 2 aromatic rings. The molecule has 0 bridgehead atoms. The number of benzene rings is 1. The molecular weight excluding hydrogens is 307 g/mol. The van der Waals surface area contributed by atoms with E-state index in [-0.39, 0.29) is 24.8 Å². The van der Waals surface area contributed by atoms with Gasteiger partial charge < -0.3 is 15.6 Å². The molecule has 0 unspecified atom stereocenters. The van der Waals surface area contributed by atoms with E-state index in [9.17, 15) is 0 Å². The first-order valence-corrected chi connectivity index (χ1v) is 6.67. The molecule has 0 fully saturated rings. The predicted octanol–water partition coefficient (Wildman–Crippen LogP) is 2.84. The van der Waals surface area contributed by atoms with Gasteiger partial charge in [-0.1, -0.05) is 0 Å². The first kappa shape index (κ1) is 19.8. The SMILES string of the molecule is CCN=C(N)c1ccc2[nH]cc(CCN(C)C)c2c1.Cl.Cl. The van der Waals surface area contributed by atoms with Gasteiger partial charge in [-0.05, 0) is 51.2 Å². The number of aromatic amines is 1. The number of nitrogens with one attached hydrogen (secondary N) is 1. The summed E-state index contributed by atoms with van der Waals surface area (Å²) in [5.74, 6) is 0.615. The van der Waals surface area contributed by atoms with E-state index in [0.717, 1.165) is 24.0 Å². The molecule has 1 aromatic heterocycles. The number of nitrogens with two attached hydrogens (primary N) is 1. The monoisotopic (exact) mass is 330 g/mol. The lowest BCUT2D eigenvalue weighted by molar-refractivity contribution is 0.414. The number of amidine groups is 1. The Balaban J connectivity index is 0.00000200. The summed E-state index contributed by atoms with van der Waals surface area (Å²) in [5.41, 5.74) is 9.45. The fourth-order valence-electron chi connectivity index (χ4n) is 2.15. The van der Waals surface area contributed by atoms with Crippen LogP contribution in [0.4, 0.5) is 0 Å². The van der Waals surface area contributed by atoms with Crippen molar-refractivity contribution < 1.29 is 0 Å². The molecule has 1 heterocycles. The summed E-state index contributed by atoms with van der Waals surface area (Å²) in [6, 6.07) is 6.22. The number of hydrogen-bond acceptors (Lipinski definition) is 2. The van der Waals surface area contributed by atoms with Crippen molar-refractivity contribution in [2.45, 2.75) is 13.3 Å². The van der Waals surface area contributed by atoms with Gasteiger partial charge in [-0.25, -0.2) is 0 Å². The van der Waals surface area contributed by atoms with Crippen molar-refractivity contribution in [3.8, 4) is 0 Å². The number of aromatic nitrogens is 1.